The van der Waals surface area contributed by atoms with Crippen molar-refractivity contribution in [3.8, 4) is 11.1 Å². The van der Waals surface area contributed by atoms with E-state index in [-0.39, 0.29) is 24.2 Å². The first-order chi connectivity index (χ1) is 13.1. The number of ketones is 1. The minimum atomic E-state index is -0.463. The Morgan fingerprint density at radius 2 is 2.07 bits per heavy atom. The van der Waals surface area contributed by atoms with Crippen molar-refractivity contribution in [2.45, 2.75) is 38.0 Å². The summed E-state index contributed by atoms with van der Waals surface area (Å²) in [6.07, 6.45) is 3.30. The van der Waals surface area contributed by atoms with Crippen molar-refractivity contribution in [3.05, 3.63) is 54.6 Å². The highest BCUT2D eigenvalue weighted by molar-refractivity contribution is 5.81. The van der Waals surface area contributed by atoms with Gasteiger partial charge >= 0.3 is 0 Å². The van der Waals surface area contributed by atoms with Gasteiger partial charge in [0.25, 0.3) is 0 Å². The number of carbonyl (C=O) groups is 1. The molecule has 0 amide bonds. The molecule has 1 saturated heterocycles. The standard InChI is InChI=1S/C21H22FN3O2/c22-16-4-1-3-14(9-16)15-6-7-18-20(10-15)25(13-24-18)12-17(26)11-19-21(27)5-2-8-23-19/h1,3-4,6-7,9-10,13,19,21,23,27H,2,5,8,11-12H2/p+1/t19-,21+/m1/s1. The fourth-order valence-electron chi connectivity index (χ4n) is 3.73. The van der Waals surface area contributed by atoms with Crippen LogP contribution >= 0.6 is 0 Å². The van der Waals surface area contributed by atoms with Gasteiger partial charge in [-0.3, -0.25) is 4.79 Å². The van der Waals surface area contributed by atoms with Crippen molar-refractivity contribution in [1.82, 2.24) is 10.3 Å². The zero-order chi connectivity index (χ0) is 18.8. The van der Waals surface area contributed by atoms with Crippen molar-refractivity contribution in [2.24, 2.45) is 0 Å². The average Bonchev–Trinajstić information content (AvgIpc) is 3.06. The van der Waals surface area contributed by atoms with E-state index in [0.29, 0.717) is 6.42 Å². The third-order valence-electron chi connectivity index (χ3n) is 5.18. The summed E-state index contributed by atoms with van der Waals surface area (Å²) in [5, 5.41) is 13.3. The highest BCUT2D eigenvalue weighted by Gasteiger charge is 2.26. The van der Waals surface area contributed by atoms with E-state index in [1.165, 1.54) is 12.1 Å². The van der Waals surface area contributed by atoms with Gasteiger partial charge in [-0.25, -0.2) is 13.9 Å². The van der Waals surface area contributed by atoms with E-state index in [1.54, 1.807) is 12.4 Å². The number of nitrogens with one attached hydrogen (secondary N) is 2. The Morgan fingerprint density at radius 3 is 2.89 bits per heavy atom. The molecule has 27 heavy (non-hydrogen) atoms. The SMILES string of the molecule is O=C(C[C@H]1NCCC[C@@H]1O)C[n+]1c[nH]c2ccc(-c3cccc(F)c3)cc21. The van der Waals surface area contributed by atoms with Crippen LogP contribution in [0.25, 0.3) is 22.2 Å². The normalized spacial score (nSPS) is 20.1. The van der Waals surface area contributed by atoms with Crippen LogP contribution in [0.15, 0.2) is 48.8 Å². The summed E-state index contributed by atoms with van der Waals surface area (Å²) in [6, 6.07) is 12.1. The Bertz CT molecular complexity index is 969. The van der Waals surface area contributed by atoms with E-state index in [0.717, 1.165) is 41.5 Å². The first-order valence-electron chi connectivity index (χ1n) is 9.30. The van der Waals surface area contributed by atoms with Gasteiger partial charge in [-0.05, 0) is 60.8 Å². The van der Waals surface area contributed by atoms with E-state index in [4.69, 9.17) is 0 Å². The summed E-state index contributed by atoms with van der Waals surface area (Å²) in [7, 11) is 0. The van der Waals surface area contributed by atoms with Gasteiger partial charge in [0.1, 0.15) is 12.4 Å². The van der Waals surface area contributed by atoms with Crippen LogP contribution < -0.4 is 9.88 Å². The number of aromatic amines is 1. The minimum Gasteiger partial charge on any atom is -0.391 e. The van der Waals surface area contributed by atoms with Gasteiger partial charge in [-0.15, -0.1) is 0 Å². The lowest BCUT2D eigenvalue weighted by molar-refractivity contribution is -0.658. The number of aromatic nitrogens is 2. The molecular weight excluding hydrogens is 345 g/mol. The number of rotatable bonds is 5. The van der Waals surface area contributed by atoms with Crippen molar-refractivity contribution >= 4 is 16.8 Å². The van der Waals surface area contributed by atoms with Crippen LogP contribution in [0.3, 0.4) is 0 Å². The molecule has 2 atom stereocenters. The first kappa shape index (κ1) is 17.8. The summed E-state index contributed by atoms with van der Waals surface area (Å²) in [6.45, 7) is 1.07. The molecular formula is C21H23FN3O2+. The van der Waals surface area contributed by atoms with Crippen LogP contribution in [-0.2, 0) is 11.3 Å². The minimum absolute atomic E-state index is 0.0653. The van der Waals surface area contributed by atoms with E-state index >= 15 is 0 Å². The number of halogens is 1. The second kappa shape index (κ2) is 7.58. The molecule has 0 radical (unpaired) electrons. The Balaban J connectivity index is 1.55. The van der Waals surface area contributed by atoms with Gasteiger partial charge in [0, 0.05) is 12.5 Å². The molecule has 6 heteroatoms. The van der Waals surface area contributed by atoms with Crippen LogP contribution in [0.4, 0.5) is 4.39 Å². The lowest BCUT2D eigenvalue weighted by atomic mass is 9.97. The number of benzene rings is 2. The van der Waals surface area contributed by atoms with Crippen molar-refractivity contribution < 1.29 is 18.9 Å². The first-order valence-corrected chi connectivity index (χ1v) is 9.30. The number of H-pyrrole nitrogens is 1. The lowest BCUT2D eigenvalue weighted by Crippen LogP contribution is -2.47. The second-order valence-electron chi connectivity index (χ2n) is 7.16. The largest absolute Gasteiger partial charge is 0.391 e. The Kier molecular flexibility index (Phi) is 5.01. The quantitative estimate of drug-likeness (QED) is 0.606. The summed E-state index contributed by atoms with van der Waals surface area (Å²) in [5.74, 6) is -0.209. The number of nitrogens with zero attached hydrogens (tertiary/aromatic N) is 1. The molecule has 0 spiro atoms. The predicted octanol–water partition coefficient (Wildman–Crippen LogP) is 2.33. The summed E-state index contributed by atoms with van der Waals surface area (Å²) < 4.78 is 15.4. The zero-order valence-corrected chi connectivity index (χ0v) is 15.0. The number of aliphatic hydroxyl groups excluding tert-OH is 1. The third-order valence-corrected chi connectivity index (χ3v) is 5.18. The number of hydrogen-bond donors (Lipinski definition) is 3. The molecule has 1 aromatic heterocycles. The fraction of sp³-hybridized carbons (Fsp3) is 0.333. The highest BCUT2D eigenvalue weighted by Crippen LogP contribution is 2.23. The molecule has 3 N–H and O–H groups in total. The van der Waals surface area contributed by atoms with Gasteiger partial charge in [0.2, 0.25) is 6.33 Å². The topological polar surface area (TPSA) is 69.0 Å². The van der Waals surface area contributed by atoms with Crippen LogP contribution in [0.1, 0.15) is 19.3 Å². The smallest absolute Gasteiger partial charge is 0.242 e. The molecule has 0 bridgehead atoms. The average molecular weight is 368 g/mol. The van der Waals surface area contributed by atoms with E-state index < -0.39 is 6.10 Å². The highest BCUT2D eigenvalue weighted by atomic mass is 19.1. The summed E-state index contributed by atoms with van der Waals surface area (Å²) in [5.41, 5.74) is 3.50. The Morgan fingerprint density at radius 1 is 1.22 bits per heavy atom. The predicted molar refractivity (Wildman–Crippen MR) is 101 cm³/mol. The van der Waals surface area contributed by atoms with Crippen molar-refractivity contribution in [1.29, 1.82) is 0 Å². The molecule has 1 aliphatic heterocycles. The second-order valence-corrected chi connectivity index (χ2v) is 7.16. The Hall–Kier alpha value is -2.57. The van der Waals surface area contributed by atoms with Gasteiger partial charge in [-0.2, -0.15) is 0 Å². The number of piperidine rings is 1. The monoisotopic (exact) mass is 368 g/mol. The fourth-order valence-corrected chi connectivity index (χ4v) is 3.73. The van der Waals surface area contributed by atoms with E-state index in [9.17, 15) is 14.3 Å². The van der Waals surface area contributed by atoms with Gasteiger partial charge < -0.3 is 10.4 Å². The maximum absolute atomic E-state index is 13.5. The number of imidazole rings is 1. The van der Waals surface area contributed by atoms with Gasteiger partial charge in [0.05, 0.1) is 6.10 Å². The number of hydrogen-bond acceptors (Lipinski definition) is 3. The molecule has 0 aliphatic carbocycles. The maximum atomic E-state index is 13.5. The maximum Gasteiger partial charge on any atom is 0.242 e. The van der Waals surface area contributed by atoms with Crippen LogP contribution in [0, 0.1) is 5.82 Å². The third kappa shape index (κ3) is 3.91. The summed E-state index contributed by atoms with van der Waals surface area (Å²) in [4.78, 5) is 15.7. The van der Waals surface area contributed by atoms with Crippen molar-refractivity contribution in [3.63, 3.8) is 0 Å². The molecule has 2 aromatic carbocycles. The molecule has 0 unspecified atom stereocenters. The Labute approximate surface area is 156 Å². The van der Waals surface area contributed by atoms with E-state index in [2.05, 4.69) is 10.3 Å². The molecule has 4 rings (SSSR count). The lowest BCUT2D eigenvalue weighted by Gasteiger charge is -2.28. The van der Waals surface area contributed by atoms with Gasteiger partial charge in [0.15, 0.2) is 16.8 Å². The molecule has 140 valence electrons. The van der Waals surface area contributed by atoms with Crippen LogP contribution in [0.2, 0.25) is 0 Å². The molecule has 1 fully saturated rings. The number of carbonyl (C=O) groups excluding carboxylic acids is 1. The van der Waals surface area contributed by atoms with E-state index in [1.807, 2.05) is 28.8 Å². The number of fused-ring (bicyclic) bond motifs is 1. The molecule has 1 aliphatic rings. The number of aliphatic hydroxyl groups is 1. The van der Waals surface area contributed by atoms with Crippen LogP contribution in [-0.4, -0.2) is 34.6 Å². The van der Waals surface area contributed by atoms with Crippen LogP contribution in [0.5, 0.6) is 0 Å². The van der Waals surface area contributed by atoms with Crippen molar-refractivity contribution in [2.75, 3.05) is 6.54 Å². The number of Topliss-reactive ketones (excluding diaryl/α,β-unsaturated/α-hetero) is 1. The molecule has 2 heterocycles. The molecule has 5 nitrogen and oxygen atoms in total. The summed E-state index contributed by atoms with van der Waals surface area (Å²) >= 11 is 0. The molecule has 3 aromatic rings. The zero-order valence-electron chi connectivity index (χ0n) is 15.0. The molecule has 0 saturated carbocycles. The van der Waals surface area contributed by atoms with Gasteiger partial charge in [-0.1, -0.05) is 12.1 Å².